The molecule has 2 rings (SSSR count). The van der Waals surface area contributed by atoms with Gasteiger partial charge in [0.1, 0.15) is 0 Å². The van der Waals surface area contributed by atoms with Gasteiger partial charge in [-0.25, -0.2) is 0 Å². The summed E-state index contributed by atoms with van der Waals surface area (Å²) in [6.45, 7) is 6.01. The number of hydrogen-bond acceptors (Lipinski definition) is 3. The van der Waals surface area contributed by atoms with Gasteiger partial charge in [0, 0.05) is 25.1 Å². The monoisotopic (exact) mass is 277 g/mol. The van der Waals surface area contributed by atoms with Gasteiger partial charge in [-0.1, -0.05) is 37.3 Å². The summed E-state index contributed by atoms with van der Waals surface area (Å²) in [6.07, 6.45) is 2.43. The molecule has 1 aromatic rings. The minimum atomic E-state index is -0.203. The van der Waals surface area contributed by atoms with Crippen LogP contribution >= 0.6 is 0 Å². The van der Waals surface area contributed by atoms with E-state index in [4.69, 9.17) is 4.74 Å². The van der Waals surface area contributed by atoms with Gasteiger partial charge in [0.25, 0.3) is 0 Å². The summed E-state index contributed by atoms with van der Waals surface area (Å²) in [5.74, 6) is 0.632. The van der Waals surface area contributed by atoms with E-state index >= 15 is 0 Å². The molecule has 1 aliphatic rings. The van der Waals surface area contributed by atoms with Gasteiger partial charge in [-0.3, -0.25) is 0 Å². The van der Waals surface area contributed by atoms with Crippen LogP contribution < -0.4 is 0 Å². The predicted molar refractivity (Wildman–Crippen MR) is 81.9 cm³/mol. The topological polar surface area (TPSA) is 32.7 Å². The van der Waals surface area contributed by atoms with Crippen molar-refractivity contribution >= 4 is 0 Å². The van der Waals surface area contributed by atoms with Crippen LogP contribution in [0.1, 0.15) is 25.3 Å². The Morgan fingerprint density at radius 2 is 2.10 bits per heavy atom. The summed E-state index contributed by atoms with van der Waals surface area (Å²) in [6, 6.07) is 10.3. The molecule has 0 aliphatic carbocycles. The summed E-state index contributed by atoms with van der Waals surface area (Å²) < 4.78 is 5.55. The lowest BCUT2D eigenvalue weighted by Crippen LogP contribution is -2.42. The van der Waals surface area contributed by atoms with Crippen molar-refractivity contribution in [2.75, 3.05) is 40.0 Å². The lowest BCUT2D eigenvalue weighted by Gasteiger charge is -2.35. The number of rotatable bonds is 6. The molecule has 20 heavy (non-hydrogen) atoms. The molecule has 112 valence electrons. The van der Waals surface area contributed by atoms with Gasteiger partial charge in [0.05, 0.1) is 13.2 Å². The number of nitrogens with zero attached hydrogens (tertiary/aromatic N) is 1. The zero-order valence-corrected chi connectivity index (χ0v) is 12.7. The van der Waals surface area contributed by atoms with Gasteiger partial charge in [0.15, 0.2) is 0 Å². The fourth-order valence-corrected chi connectivity index (χ4v) is 3.13. The average molecular weight is 277 g/mol. The maximum atomic E-state index is 9.84. The SMILES string of the molecule is CN(CC1CCCOC1)CC(C)(CO)c1ccccc1. The number of aliphatic hydroxyl groups is 1. The molecule has 1 saturated heterocycles. The molecule has 0 bridgehead atoms. The highest BCUT2D eigenvalue weighted by atomic mass is 16.5. The smallest absolute Gasteiger partial charge is 0.0537 e. The Morgan fingerprint density at radius 1 is 1.35 bits per heavy atom. The van der Waals surface area contributed by atoms with E-state index in [9.17, 15) is 5.11 Å². The fraction of sp³-hybridized carbons (Fsp3) is 0.647. The summed E-state index contributed by atoms with van der Waals surface area (Å²) in [4.78, 5) is 2.34. The Kier molecular flexibility index (Phi) is 5.58. The van der Waals surface area contributed by atoms with Crippen molar-refractivity contribution in [3.05, 3.63) is 35.9 Å². The quantitative estimate of drug-likeness (QED) is 0.866. The van der Waals surface area contributed by atoms with Crippen molar-refractivity contribution in [3.63, 3.8) is 0 Å². The van der Waals surface area contributed by atoms with Crippen LogP contribution in [-0.4, -0.2) is 50.0 Å². The molecule has 1 aromatic carbocycles. The van der Waals surface area contributed by atoms with Crippen LogP contribution in [0.5, 0.6) is 0 Å². The maximum Gasteiger partial charge on any atom is 0.0537 e. The number of benzene rings is 1. The molecule has 0 radical (unpaired) electrons. The molecule has 0 aromatic heterocycles. The van der Waals surface area contributed by atoms with Gasteiger partial charge in [-0.15, -0.1) is 0 Å². The maximum absolute atomic E-state index is 9.84. The Hall–Kier alpha value is -0.900. The first-order valence-corrected chi connectivity index (χ1v) is 7.57. The molecule has 0 spiro atoms. The van der Waals surface area contributed by atoms with Crippen LogP contribution in [0.4, 0.5) is 0 Å². The second kappa shape index (κ2) is 7.21. The summed E-state index contributed by atoms with van der Waals surface area (Å²) in [7, 11) is 2.14. The third-order valence-corrected chi connectivity index (χ3v) is 4.26. The lowest BCUT2D eigenvalue weighted by atomic mass is 9.82. The van der Waals surface area contributed by atoms with E-state index in [0.717, 1.165) is 26.3 Å². The lowest BCUT2D eigenvalue weighted by molar-refractivity contribution is 0.0373. The summed E-state index contributed by atoms with van der Waals surface area (Å²) >= 11 is 0. The van der Waals surface area contributed by atoms with Gasteiger partial charge in [0.2, 0.25) is 0 Å². The first-order chi connectivity index (χ1) is 9.64. The van der Waals surface area contributed by atoms with Crippen LogP contribution in [0.25, 0.3) is 0 Å². The normalized spacial score (nSPS) is 22.7. The largest absolute Gasteiger partial charge is 0.395 e. The third-order valence-electron chi connectivity index (χ3n) is 4.26. The molecule has 0 saturated carbocycles. The van der Waals surface area contributed by atoms with Crippen LogP contribution in [0.15, 0.2) is 30.3 Å². The fourth-order valence-electron chi connectivity index (χ4n) is 3.13. The highest BCUT2D eigenvalue weighted by Gasteiger charge is 2.28. The molecule has 0 amide bonds. The number of aliphatic hydroxyl groups excluding tert-OH is 1. The van der Waals surface area contributed by atoms with E-state index in [-0.39, 0.29) is 12.0 Å². The predicted octanol–water partition coefficient (Wildman–Crippen LogP) is 2.29. The van der Waals surface area contributed by atoms with E-state index in [1.165, 1.54) is 18.4 Å². The molecular weight excluding hydrogens is 250 g/mol. The van der Waals surface area contributed by atoms with Crippen LogP contribution in [0.3, 0.4) is 0 Å². The van der Waals surface area contributed by atoms with Crippen LogP contribution in [0.2, 0.25) is 0 Å². The molecule has 1 fully saturated rings. The molecule has 1 N–H and O–H groups in total. The molecule has 1 aliphatic heterocycles. The Balaban J connectivity index is 1.94. The Morgan fingerprint density at radius 3 is 2.70 bits per heavy atom. The van der Waals surface area contributed by atoms with Gasteiger partial charge in [-0.05, 0) is 31.4 Å². The van der Waals surface area contributed by atoms with Crippen molar-refractivity contribution in [1.82, 2.24) is 4.90 Å². The molecule has 2 unspecified atom stereocenters. The minimum Gasteiger partial charge on any atom is -0.395 e. The third kappa shape index (κ3) is 4.05. The molecule has 3 heteroatoms. The average Bonchev–Trinajstić information content (AvgIpc) is 2.49. The highest BCUT2D eigenvalue weighted by molar-refractivity contribution is 5.25. The van der Waals surface area contributed by atoms with E-state index in [1.54, 1.807) is 0 Å². The zero-order chi connectivity index (χ0) is 14.4. The van der Waals surface area contributed by atoms with Crippen molar-refractivity contribution in [1.29, 1.82) is 0 Å². The van der Waals surface area contributed by atoms with Crippen LogP contribution in [0, 0.1) is 5.92 Å². The van der Waals surface area contributed by atoms with Gasteiger partial charge >= 0.3 is 0 Å². The van der Waals surface area contributed by atoms with Crippen LogP contribution in [-0.2, 0) is 10.2 Å². The first kappa shape index (κ1) is 15.5. The molecule has 1 heterocycles. The summed E-state index contributed by atoms with van der Waals surface area (Å²) in [5.41, 5.74) is 1.00. The molecule has 2 atom stereocenters. The number of likely N-dealkylation sites (N-methyl/N-ethyl adjacent to an activating group) is 1. The highest BCUT2D eigenvalue weighted by Crippen LogP contribution is 2.25. The van der Waals surface area contributed by atoms with E-state index in [0.29, 0.717) is 5.92 Å². The zero-order valence-electron chi connectivity index (χ0n) is 12.7. The van der Waals surface area contributed by atoms with Crippen molar-refractivity contribution < 1.29 is 9.84 Å². The number of hydrogen-bond donors (Lipinski definition) is 1. The first-order valence-electron chi connectivity index (χ1n) is 7.57. The van der Waals surface area contributed by atoms with Crippen molar-refractivity contribution in [2.45, 2.75) is 25.2 Å². The van der Waals surface area contributed by atoms with Gasteiger partial charge in [-0.2, -0.15) is 0 Å². The standard InChI is InChI=1S/C17H27NO2/c1-17(14-19,16-8-4-3-5-9-16)13-18(2)11-15-7-6-10-20-12-15/h3-5,8-9,15,19H,6-7,10-14H2,1-2H3. The van der Waals surface area contributed by atoms with E-state index in [1.807, 2.05) is 18.2 Å². The minimum absolute atomic E-state index is 0.169. The Labute approximate surface area is 122 Å². The molecule has 3 nitrogen and oxygen atoms in total. The summed E-state index contributed by atoms with van der Waals surface area (Å²) in [5, 5.41) is 9.84. The van der Waals surface area contributed by atoms with Gasteiger partial charge < -0.3 is 14.7 Å². The van der Waals surface area contributed by atoms with Crippen molar-refractivity contribution in [3.8, 4) is 0 Å². The number of ether oxygens (including phenoxy) is 1. The molecular formula is C17H27NO2. The van der Waals surface area contributed by atoms with E-state index < -0.39 is 0 Å². The second-order valence-electron chi connectivity index (χ2n) is 6.36. The van der Waals surface area contributed by atoms with Crippen molar-refractivity contribution in [2.24, 2.45) is 5.92 Å². The second-order valence-corrected chi connectivity index (χ2v) is 6.36. The van der Waals surface area contributed by atoms with E-state index in [2.05, 4.69) is 31.0 Å². The Bertz CT molecular complexity index is 389.